The molecule has 0 saturated heterocycles. The van der Waals surface area contributed by atoms with Crippen molar-refractivity contribution in [1.82, 2.24) is 14.5 Å². The fraction of sp³-hybridized carbons (Fsp3) is 0.125. The molecule has 0 aliphatic rings. The maximum Gasteiger partial charge on any atom is 0.322 e. The summed E-state index contributed by atoms with van der Waals surface area (Å²) in [6.45, 7) is 0. The normalized spacial score (nSPS) is 11.5. The van der Waals surface area contributed by atoms with E-state index in [0.29, 0.717) is 11.1 Å². The second-order valence-electron chi connectivity index (χ2n) is 7.54. The lowest BCUT2D eigenvalue weighted by molar-refractivity contribution is 0.102. The van der Waals surface area contributed by atoms with Gasteiger partial charge in [-0.15, -0.1) is 5.10 Å². The van der Waals surface area contributed by atoms with Gasteiger partial charge in [0.15, 0.2) is 0 Å². The van der Waals surface area contributed by atoms with E-state index in [9.17, 15) is 13.2 Å². The Balaban J connectivity index is 1.41. The van der Waals surface area contributed by atoms with Gasteiger partial charge in [-0.05, 0) is 53.9 Å². The van der Waals surface area contributed by atoms with E-state index in [1.165, 1.54) is 31.8 Å². The van der Waals surface area contributed by atoms with Crippen LogP contribution < -0.4 is 5.32 Å². The number of carbonyl (C=O) groups excluding carboxylic acids is 1. The van der Waals surface area contributed by atoms with Crippen LogP contribution in [0.5, 0.6) is 0 Å². The largest absolute Gasteiger partial charge is 0.403 e. The molecule has 0 aliphatic carbocycles. The molecule has 8 nitrogen and oxygen atoms in total. The molecule has 9 heteroatoms. The average molecular weight is 463 g/mol. The molecule has 0 spiro atoms. The molecule has 0 radical (unpaired) electrons. The Morgan fingerprint density at radius 2 is 1.52 bits per heavy atom. The van der Waals surface area contributed by atoms with Crippen molar-refractivity contribution in [2.24, 2.45) is 0 Å². The first kappa shape index (κ1) is 22.4. The first-order chi connectivity index (χ1) is 15.8. The fourth-order valence-corrected chi connectivity index (χ4v) is 4.05. The lowest BCUT2D eigenvalue weighted by atomic mass is 10.0. The molecule has 0 unspecified atom stereocenters. The molecule has 3 aromatic carbocycles. The van der Waals surface area contributed by atoms with E-state index < -0.39 is 10.0 Å². The zero-order valence-corrected chi connectivity index (χ0v) is 18.9. The van der Waals surface area contributed by atoms with Gasteiger partial charge >= 0.3 is 6.01 Å². The minimum atomic E-state index is -3.53. The highest BCUT2D eigenvalue weighted by Crippen LogP contribution is 2.23. The third-order valence-electron chi connectivity index (χ3n) is 4.99. The van der Waals surface area contributed by atoms with E-state index in [-0.39, 0.29) is 22.7 Å². The molecule has 1 N–H and O–H groups in total. The summed E-state index contributed by atoms with van der Waals surface area (Å²) >= 11 is 0. The van der Waals surface area contributed by atoms with Gasteiger partial charge in [0.2, 0.25) is 15.9 Å². The summed E-state index contributed by atoms with van der Waals surface area (Å²) in [7, 11) is -0.598. The monoisotopic (exact) mass is 462 g/mol. The van der Waals surface area contributed by atoms with Crippen molar-refractivity contribution < 1.29 is 17.6 Å². The zero-order valence-electron chi connectivity index (χ0n) is 18.1. The average Bonchev–Trinajstić information content (AvgIpc) is 3.28. The van der Waals surface area contributed by atoms with Gasteiger partial charge in [0.25, 0.3) is 5.91 Å². The molecule has 4 aromatic rings. The quantitative estimate of drug-likeness (QED) is 0.448. The number of amides is 1. The number of nitrogens with one attached hydrogen (secondary N) is 1. The maximum atomic E-state index is 12.5. The van der Waals surface area contributed by atoms with E-state index >= 15 is 0 Å². The molecule has 33 heavy (non-hydrogen) atoms. The first-order valence-corrected chi connectivity index (χ1v) is 11.6. The Labute approximate surface area is 191 Å². The van der Waals surface area contributed by atoms with Crippen LogP contribution in [0.15, 0.2) is 88.2 Å². The predicted octanol–water partition coefficient (Wildman–Crippen LogP) is 3.83. The van der Waals surface area contributed by atoms with Crippen LogP contribution in [-0.2, 0) is 16.4 Å². The Kier molecular flexibility index (Phi) is 6.34. The third-order valence-corrected chi connectivity index (χ3v) is 6.82. The summed E-state index contributed by atoms with van der Waals surface area (Å²) in [4.78, 5) is 12.7. The minimum Gasteiger partial charge on any atom is -0.403 e. The summed E-state index contributed by atoms with van der Waals surface area (Å²) < 4.78 is 31.0. The van der Waals surface area contributed by atoms with Gasteiger partial charge in [-0.1, -0.05) is 47.6 Å². The van der Waals surface area contributed by atoms with Crippen molar-refractivity contribution in [3.63, 3.8) is 0 Å². The minimum absolute atomic E-state index is 0.0478. The van der Waals surface area contributed by atoms with Crippen molar-refractivity contribution in [1.29, 1.82) is 0 Å². The number of hydrogen-bond acceptors (Lipinski definition) is 6. The molecule has 1 heterocycles. The van der Waals surface area contributed by atoms with Crippen LogP contribution in [0.25, 0.3) is 11.5 Å². The number of hydrogen-bond donors (Lipinski definition) is 1. The van der Waals surface area contributed by atoms with Crippen molar-refractivity contribution in [3.8, 4) is 11.5 Å². The maximum absolute atomic E-state index is 12.5. The summed E-state index contributed by atoms with van der Waals surface area (Å²) in [5.74, 6) is -0.207. The lowest BCUT2D eigenvalue weighted by Gasteiger charge is -2.11. The van der Waals surface area contributed by atoms with Crippen LogP contribution in [-0.4, -0.2) is 42.9 Å². The fourth-order valence-electron chi connectivity index (χ4n) is 3.15. The summed E-state index contributed by atoms with van der Waals surface area (Å²) in [6.07, 6.45) is 0.782. The highest BCUT2D eigenvalue weighted by Gasteiger charge is 2.18. The Morgan fingerprint density at radius 1 is 0.879 bits per heavy atom. The summed E-state index contributed by atoms with van der Waals surface area (Å²) in [6, 6.07) is 23.4. The van der Waals surface area contributed by atoms with E-state index in [1.807, 2.05) is 30.3 Å². The van der Waals surface area contributed by atoms with Gasteiger partial charge in [0.05, 0.1) is 4.90 Å². The van der Waals surface area contributed by atoms with Crippen molar-refractivity contribution >= 4 is 21.9 Å². The summed E-state index contributed by atoms with van der Waals surface area (Å²) in [5.41, 5.74) is 3.29. The molecule has 168 valence electrons. The smallest absolute Gasteiger partial charge is 0.322 e. The number of carbonyl (C=O) groups is 1. The molecule has 4 rings (SSSR count). The van der Waals surface area contributed by atoms with Crippen LogP contribution in [0.4, 0.5) is 6.01 Å². The number of benzene rings is 3. The van der Waals surface area contributed by atoms with Gasteiger partial charge in [-0.25, -0.2) is 12.7 Å². The Bertz CT molecular complexity index is 1350. The number of nitrogens with zero attached hydrogens (tertiary/aromatic N) is 3. The van der Waals surface area contributed by atoms with Gasteiger partial charge in [-0.2, -0.15) is 0 Å². The van der Waals surface area contributed by atoms with Crippen LogP contribution >= 0.6 is 0 Å². The van der Waals surface area contributed by atoms with E-state index in [4.69, 9.17) is 4.42 Å². The van der Waals surface area contributed by atoms with Gasteiger partial charge < -0.3 is 4.42 Å². The second kappa shape index (κ2) is 9.35. The lowest BCUT2D eigenvalue weighted by Crippen LogP contribution is -2.22. The highest BCUT2D eigenvalue weighted by atomic mass is 32.2. The zero-order chi connectivity index (χ0) is 23.4. The molecule has 0 saturated carbocycles. The SMILES string of the molecule is CN(C)S(=O)(=O)c1ccc(-c2nnc(NC(=O)c3ccc(Cc4ccccc4)cc3)o2)cc1. The molecule has 1 amide bonds. The van der Waals surface area contributed by atoms with Crippen molar-refractivity contribution in [2.45, 2.75) is 11.3 Å². The molecule has 0 bridgehead atoms. The Morgan fingerprint density at radius 3 is 2.15 bits per heavy atom. The first-order valence-electron chi connectivity index (χ1n) is 10.1. The van der Waals surface area contributed by atoms with Crippen LogP contribution in [0, 0.1) is 0 Å². The van der Waals surface area contributed by atoms with Crippen LogP contribution in [0.2, 0.25) is 0 Å². The van der Waals surface area contributed by atoms with Gasteiger partial charge in [0.1, 0.15) is 0 Å². The van der Waals surface area contributed by atoms with E-state index in [2.05, 4.69) is 27.6 Å². The molecule has 0 aliphatic heterocycles. The number of sulfonamides is 1. The molecular formula is C24H22N4O4S. The highest BCUT2D eigenvalue weighted by molar-refractivity contribution is 7.89. The number of aromatic nitrogens is 2. The molecule has 0 atom stereocenters. The number of anilines is 1. The third kappa shape index (κ3) is 5.16. The molecule has 0 fully saturated rings. The van der Waals surface area contributed by atoms with Crippen molar-refractivity contribution in [3.05, 3.63) is 95.6 Å². The van der Waals surface area contributed by atoms with E-state index in [0.717, 1.165) is 16.3 Å². The van der Waals surface area contributed by atoms with Gasteiger partial charge in [-0.3, -0.25) is 10.1 Å². The predicted molar refractivity (Wildman–Crippen MR) is 124 cm³/mol. The number of rotatable bonds is 7. The topological polar surface area (TPSA) is 105 Å². The van der Waals surface area contributed by atoms with Crippen LogP contribution in [0.3, 0.4) is 0 Å². The second-order valence-corrected chi connectivity index (χ2v) is 9.69. The van der Waals surface area contributed by atoms with Gasteiger partial charge in [0, 0.05) is 25.2 Å². The molecule has 1 aromatic heterocycles. The summed E-state index contributed by atoms with van der Waals surface area (Å²) in [5, 5.41) is 10.4. The standard InChI is InChI=1S/C24H22N4O4S/c1-28(2)33(30,31)21-14-12-20(13-15-21)23-26-27-24(32-23)25-22(29)19-10-8-18(9-11-19)16-17-6-4-3-5-7-17/h3-15H,16H2,1-2H3,(H,25,27,29). The van der Waals surface area contributed by atoms with Crippen LogP contribution in [0.1, 0.15) is 21.5 Å². The molecular weight excluding hydrogens is 440 g/mol. The van der Waals surface area contributed by atoms with Crippen molar-refractivity contribution in [2.75, 3.05) is 19.4 Å². The van der Waals surface area contributed by atoms with E-state index in [1.54, 1.807) is 24.3 Å². The Hall–Kier alpha value is -3.82.